The number of rotatable bonds is 6. The lowest BCUT2D eigenvalue weighted by Crippen LogP contribution is -2.50. The van der Waals surface area contributed by atoms with E-state index >= 15 is 0 Å². The van der Waals surface area contributed by atoms with E-state index in [1.807, 2.05) is 17.1 Å². The van der Waals surface area contributed by atoms with Crippen LogP contribution in [-0.4, -0.2) is 66.1 Å². The van der Waals surface area contributed by atoms with Crippen molar-refractivity contribution >= 4 is 35.1 Å². The molecule has 3 aliphatic rings. The highest BCUT2D eigenvalue weighted by molar-refractivity contribution is 6.03. The molecule has 242 valence electrons. The third kappa shape index (κ3) is 7.00. The lowest BCUT2D eigenvalue weighted by Gasteiger charge is -2.35. The van der Waals surface area contributed by atoms with E-state index in [2.05, 4.69) is 32.8 Å². The maximum atomic E-state index is 14.0. The number of amides is 3. The van der Waals surface area contributed by atoms with E-state index in [0.717, 1.165) is 19.3 Å². The van der Waals surface area contributed by atoms with Gasteiger partial charge in [-0.15, -0.1) is 0 Å². The number of carbonyl (C=O) groups is 2. The van der Waals surface area contributed by atoms with E-state index < -0.39 is 35.4 Å². The standard InChI is InChI=1S/C32H33F4N7O3/c33-24-10-4-5-11-25(24)39-30(45)42-17-15-41(16-18-42)26-13-12-23(19-37-26)38-29(44)27-28(32(34,35)36)40-31(46-27)43-14-6-9-22(20-43)21-7-2-1-3-8-21/h1-5,7,10-13,19,21-22H,6,8-9,14-18,20H2,(H,38,44)(H,39,45)/t21?,22-/m0/s1. The van der Waals surface area contributed by atoms with Crippen molar-refractivity contribution in [2.75, 3.05) is 59.7 Å². The Morgan fingerprint density at radius 2 is 1.76 bits per heavy atom. The van der Waals surface area contributed by atoms with Crippen LogP contribution in [0.5, 0.6) is 0 Å². The minimum absolute atomic E-state index is 0.100. The molecule has 1 aromatic carbocycles. The van der Waals surface area contributed by atoms with Gasteiger partial charge >= 0.3 is 12.2 Å². The van der Waals surface area contributed by atoms with E-state index in [-0.39, 0.29) is 29.2 Å². The third-order valence-corrected chi connectivity index (χ3v) is 8.45. The Bertz CT molecular complexity index is 1610. The zero-order valence-corrected chi connectivity index (χ0v) is 24.8. The van der Waals surface area contributed by atoms with E-state index in [4.69, 9.17) is 4.42 Å². The second-order valence-electron chi connectivity index (χ2n) is 11.5. The predicted molar refractivity (Wildman–Crippen MR) is 164 cm³/mol. The Morgan fingerprint density at radius 3 is 2.46 bits per heavy atom. The Kier molecular flexibility index (Phi) is 8.95. The molecule has 0 bridgehead atoms. The highest BCUT2D eigenvalue weighted by Crippen LogP contribution is 2.37. The Balaban J connectivity index is 1.07. The molecule has 14 heteroatoms. The summed E-state index contributed by atoms with van der Waals surface area (Å²) in [5.74, 6) is -1.42. The number of nitrogens with one attached hydrogen (secondary N) is 2. The van der Waals surface area contributed by atoms with Crippen molar-refractivity contribution in [3.05, 3.63) is 84.2 Å². The van der Waals surface area contributed by atoms with Gasteiger partial charge in [-0.2, -0.15) is 18.2 Å². The van der Waals surface area contributed by atoms with Crippen LogP contribution in [0.3, 0.4) is 0 Å². The molecule has 2 atom stereocenters. The fraction of sp³-hybridized carbons (Fsp3) is 0.375. The van der Waals surface area contributed by atoms with Gasteiger partial charge in [0.2, 0.25) is 5.76 Å². The van der Waals surface area contributed by atoms with Crippen LogP contribution in [0, 0.1) is 17.7 Å². The summed E-state index contributed by atoms with van der Waals surface area (Å²) in [5, 5.41) is 5.02. The molecule has 2 saturated heterocycles. The Labute approximate surface area is 262 Å². The molecular formula is C32H33F4N7O3. The van der Waals surface area contributed by atoms with Crippen molar-refractivity contribution in [3.63, 3.8) is 0 Å². The number of hydrogen-bond donors (Lipinski definition) is 2. The summed E-state index contributed by atoms with van der Waals surface area (Å²) in [7, 11) is 0. The molecule has 2 aromatic heterocycles. The van der Waals surface area contributed by atoms with Crippen LogP contribution >= 0.6 is 0 Å². The maximum Gasteiger partial charge on any atom is 0.437 e. The number of alkyl halides is 3. The number of oxazole rings is 1. The smallest absolute Gasteiger partial charge is 0.417 e. The number of urea groups is 1. The highest BCUT2D eigenvalue weighted by Gasteiger charge is 2.42. The Hall–Kier alpha value is -4.88. The number of piperidine rings is 1. The number of nitrogens with zero attached hydrogens (tertiary/aromatic N) is 5. The molecule has 1 aliphatic carbocycles. The zero-order valence-electron chi connectivity index (χ0n) is 24.8. The first-order valence-electron chi connectivity index (χ1n) is 15.1. The molecular weight excluding hydrogens is 606 g/mol. The van der Waals surface area contributed by atoms with Gasteiger partial charge in [0, 0.05) is 39.3 Å². The number of halogens is 4. The molecule has 0 spiro atoms. The van der Waals surface area contributed by atoms with Gasteiger partial charge in [-0.1, -0.05) is 36.4 Å². The van der Waals surface area contributed by atoms with Gasteiger partial charge < -0.3 is 29.8 Å². The van der Waals surface area contributed by atoms with E-state index in [1.54, 1.807) is 21.9 Å². The van der Waals surface area contributed by atoms with Gasteiger partial charge in [0.1, 0.15) is 11.6 Å². The summed E-state index contributed by atoms with van der Waals surface area (Å²) in [4.78, 5) is 38.9. The van der Waals surface area contributed by atoms with Crippen molar-refractivity contribution in [3.8, 4) is 0 Å². The first-order chi connectivity index (χ1) is 22.2. The first kappa shape index (κ1) is 31.1. The van der Waals surface area contributed by atoms with Crippen LogP contribution in [0.15, 0.2) is 71.3 Å². The fourth-order valence-corrected chi connectivity index (χ4v) is 6.00. The van der Waals surface area contributed by atoms with Gasteiger partial charge in [0.05, 0.1) is 17.6 Å². The first-order valence-corrected chi connectivity index (χ1v) is 15.1. The average molecular weight is 640 g/mol. The van der Waals surface area contributed by atoms with Gasteiger partial charge in [-0.05, 0) is 55.4 Å². The lowest BCUT2D eigenvalue weighted by molar-refractivity contribution is -0.141. The number of aromatic nitrogens is 2. The summed E-state index contributed by atoms with van der Waals surface area (Å²) in [6.45, 7) is 2.59. The van der Waals surface area contributed by atoms with Crippen molar-refractivity contribution < 1.29 is 31.6 Å². The molecule has 4 heterocycles. The second-order valence-corrected chi connectivity index (χ2v) is 11.5. The van der Waals surface area contributed by atoms with Gasteiger partial charge in [0.15, 0.2) is 5.69 Å². The number of piperazine rings is 1. The number of allylic oxidation sites excluding steroid dienone is 4. The van der Waals surface area contributed by atoms with Gasteiger partial charge in [0.25, 0.3) is 11.9 Å². The SMILES string of the molecule is O=C(Nc1ccc(N2CCN(C(=O)Nc3ccccc3F)CC2)nc1)c1oc(N2CCC[C@H](C3C=CC=CC3)C2)nc1C(F)(F)F. The molecule has 1 unspecified atom stereocenters. The number of anilines is 4. The maximum absolute atomic E-state index is 14.0. The molecule has 6 rings (SSSR count). The van der Waals surface area contributed by atoms with Crippen molar-refractivity contribution in [1.82, 2.24) is 14.9 Å². The average Bonchev–Trinajstić information content (AvgIpc) is 3.54. The summed E-state index contributed by atoms with van der Waals surface area (Å²) >= 11 is 0. The van der Waals surface area contributed by atoms with Crippen LogP contribution in [-0.2, 0) is 6.18 Å². The summed E-state index contributed by atoms with van der Waals surface area (Å²) in [6.07, 6.45) is 7.22. The minimum Gasteiger partial charge on any atom is -0.417 e. The molecule has 10 nitrogen and oxygen atoms in total. The number of hydrogen-bond acceptors (Lipinski definition) is 7. The molecule has 3 amide bonds. The number of pyridine rings is 1. The van der Waals surface area contributed by atoms with Crippen LogP contribution in [0.2, 0.25) is 0 Å². The quantitative estimate of drug-likeness (QED) is 0.310. The van der Waals surface area contributed by atoms with Crippen LogP contribution in [0.1, 0.15) is 35.5 Å². The summed E-state index contributed by atoms with van der Waals surface area (Å²) in [6, 6.07) is 8.45. The molecule has 0 radical (unpaired) electrons. The van der Waals surface area contributed by atoms with Crippen molar-refractivity contribution in [2.45, 2.75) is 25.4 Å². The second kappa shape index (κ2) is 13.2. The fourth-order valence-electron chi connectivity index (χ4n) is 6.00. The van der Waals surface area contributed by atoms with Gasteiger partial charge in [-0.3, -0.25) is 4.79 Å². The third-order valence-electron chi connectivity index (χ3n) is 8.45. The van der Waals surface area contributed by atoms with Crippen LogP contribution in [0.4, 0.5) is 45.6 Å². The van der Waals surface area contributed by atoms with Crippen molar-refractivity contribution in [2.24, 2.45) is 11.8 Å². The van der Waals surface area contributed by atoms with E-state index in [0.29, 0.717) is 45.1 Å². The minimum atomic E-state index is -4.89. The van der Waals surface area contributed by atoms with Crippen molar-refractivity contribution in [1.29, 1.82) is 0 Å². The predicted octanol–water partition coefficient (Wildman–Crippen LogP) is 6.18. The molecule has 2 N–H and O–H groups in total. The normalized spacial score (nSPS) is 20.1. The van der Waals surface area contributed by atoms with Crippen LogP contribution < -0.4 is 20.4 Å². The largest absolute Gasteiger partial charge is 0.437 e. The lowest BCUT2D eigenvalue weighted by atomic mass is 9.82. The summed E-state index contributed by atoms with van der Waals surface area (Å²) < 4.78 is 61.3. The topological polar surface area (TPSA) is 107 Å². The Morgan fingerprint density at radius 1 is 0.957 bits per heavy atom. The van der Waals surface area contributed by atoms with Gasteiger partial charge in [-0.25, -0.2) is 14.2 Å². The van der Waals surface area contributed by atoms with E-state index in [1.165, 1.54) is 30.5 Å². The monoisotopic (exact) mass is 639 g/mol. The highest BCUT2D eigenvalue weighted by atomic mass is 19.4. The molecule has 2 fully saturated rings. The molecule has 0 saturated carbocycles. The molecule has 46 heavy (non-hydrogen) atoms. The molecule has 3 aromatic rings. The molecule has 2 aliphatic heterocycles. The van der Waals surface area contributed by atoms with E-state index in [9.17, 15) is 27.2 Å². The summed E-state index contributed by atoms with van der Waals surface area (Å²) in [5.41, 5.74) is -1.09. The number of para-hydroxylation sites is 1. The number of carbonyl (C=O) groups excluding carboxylic acids is 2. The number of benzene rings is 1. The zero-order chi connectivity index (χ0) is 32.3. The van der Waals surface area contributed by atoms with Crippen LogP contribution in [0.25, 0.3) is 0 Å².